The first-order chi connectivity index (χ1) is 9.68. The van der Waals surface area contributed by atoms with Crippen molar-refractivity contribution < 1.29 is 4.92 Å². The van der Waals surface area contributed by atoms with Crippen LogP contribution < -0.4 is 11.1 Å². The van der Waals surface area contributed by atoms with Gasteiger partial charge in [0.1, 0.15) is 0 Å². The summed E-state index contributed by atoms with van der Waals surface area (Å²) >= 11 is 1.67. The summed E-state index contributed by atoms with van der Waals surface area (Å²) in [6.07, 6.45) is 3.26. The first kappa shape index (κ1) is 14.2. The number of anilines is 2. The van der Waals surface area contributed by atoms with Crippen molar-refractivity contribution in [3.05, 3.63) is 46.4 Å². The van der Waals surface area contributed by atoms with Gasteiger partial charge in [-0.1, -0.05) is 0 Å². The molecule has 0 saturated carbocycles. The van der Waals surface area contributed by atoms with Gasteiger partial charge in [-0.25, -0.2) is 0 Å². The average molecular weight is 293 g/mol. The van der Waals surface area contributed by atoms with Crippen molar-refractivity contribution in [1.29, 1.82) is 0 Å². The smallest absolute Gasteiger partial charge is 0.310 e. The second kappa shape index (κ2) is 6.80. The maximum absolute atomic E-state index is 10.7. The van der Waals surface area contributed by atoms with Crippen LogP contribution in [0.4, 0.5) is 17.2 Å². The molecular weight excluding hydrogens is 278 g/mol. The van der Waals surface area contributed by atoms with Crippen LogP contribution >= 0.6 is 11.8 Å². The number of aromatic amines is 1. The number of pyridine rings is 1. The second-order valence-corrected chi connectivity index (χ2v) is 5.12. The second-order valence-electron chi connectivity index (χ2n) is 4.01. The predicted octanol–water partition coefficient (Wildman–Crippen LogP) is 2.25. The third-order valence-electron chi connectivity index (χ3n) is 2.63. The van der Waals surface area contributed by atoms with Crippen molar-refractivity contribution in [2.45, 2.75) is 5.75 Å². The number of aromatic nitrogens is 2. The van der Waals surface area contributed by atoms with Crippen LogP contribution in [0.2, 0.25) is 0 Å². The van der Waals surface area contributed by atoms with Crippen LogP contribution in [0, 0.1) is 10.1 Å². The lowest BCUT2D eigenvalue weighted by Crippen LogP contribution is -2.06. The monoisotopic (exact) mass is 293 g/mol. The van der Waals surface area contributed by atoms with Crippen LogP contribution in [0.25, 0.3) is 0 Å². The summed E-state index contributed by atoms with van der Waals surface area (Å²) in [6, 6.07) is 5.06. The summed E-state index contributed by atoms with van der Waals surface area (Å²) in [4.78, 5) is 17.3. The maximum Gasteiger partial charge on any atom is 0.310 e. The van der Waals surface area contributed by atoms with E-state index in [0.717, 1.165) is 17.2 Å². The number of nitrogen functional groups attached to an aromatic ring is 1. The number of nitrogens with one attached hydrogen (secondary N) is 2. The molecule has 0 aliphatic rings. The number of nitrogens with two attached hydrogens (primary N) is 1. The van der Waals surface area contributed by atoms with E-state index in [1.165, 1.54) is 6.07 Å². The highest BCUT2D eigenvalue weighted by molar-refractivity contribution is 7.98. The molecule has 0 radical (unpaired) electrons. The van der Waals surface area contributed by atoms with Crippen molar-refractivity contribution in [2.75, 3.05) is 23.3 Å². The van der Waals surface area contributed by atoms with Gasteiger partial charge in [-0.05, 0) is 12.1 Å². The first-order valence-electron chi connectivity index (χ1n) is 6.01. The number of hydrogen-bond donors (Lipinski definition) is 3. The van der Waals surface area contributed by atoms with Crippen molar-refractivity contribution in [2.24, 2.45) is 0 Å². The van der Waals surface area contributed by atoms with Gasteiger partial charge in [0.25, 0.3) is 0 Å². The van der Waals surface area contributed by atoms with Gasteiger partial charge < -0.3 is 16.0 Å². The van der Waals surface area contributed by atoms with E-state index in [-0.39, 0.29) is 5.69 Å². The zero-order chi connectivity index (χ0) is 14.4. The van der Waals surface area contributed by atoms with Crippen LogP contribution in [-0.2, 0) is 5.75 Å². The Kier molecular flexibility index (Phi) is 4.83. The van der Waals surface area contributed by atoms with Crippen molar-refractivity contribution in [3.63, 3.8) is 0 Å². The molecule has 0 amide bonds. The molecule has 0 unspecified atom stereocenters. The van der Waals surface area contributed by atoms with E-state index < -0.39 is 4.92 Å². The van der Waals surface area contributed by atoms with E-state index in [1.807, 2.05) is 6.07 Å². The molecule has 2 aromatic rings. The largest absolute Gasteiger partial charge is 0.397 e. The quantitative estimate of drug-likeness (QED) is 0.410. The molecule has 2 rings (SSSR count). The van der Waals surface area contributed by atoms with Crippen LogP contribution in [0.5, 0.6) is 0 Å². The minimum absolute atomic E-state index is 0.0592. The van der Waals surface area contributed by atoms with E-state index >= 15 is 0 Å². The van der Waals surface area contributed by atoms with Gasteiger partial charge in [0.05, 0.1) is 16.3 Å². The third kappa shape index (κ3) is 3.64. The van der Waals surface area contributed by atoms with Crippen LogP contribution in [0.1, 0.15) is 5.69 Å². The molecular formula is C12H15N5O2S. The van der Waals surface area contributed by atoms with E-state index in [2.05, 4.69) is 15.3 Å². The molecule has 2 aromatic heterocycles. The lowest BCUT2D eigenvalue weighted by Gasteiger charge is -2.05. The summed E-state index contributed by atoms with van der Waals surface area (Å²) in [6.45, 7) is 0.624. The Labute approximate surface area is 120 Å². The number of H-pyrrole nitrogens is 1. The molecule has 0 aliphatic carbocycles. The summed E-state index contributed by atoms with van der Waals surface area (Å²) in [5.74, 6) is 1.96. The van der Waals surface area contributed by atoms with E-state index in [1.54, 1.807) is 30.2 Å². The zero-order valence-electron chi connectivity index (χ0n) is 10.7. The lowest BCUT2D eigenvalue weighted by atomic mass is 10.3. The number of hydrogen-bond acceptors (Lipinski definition) is 6. The standard InChI is InChI=1S/C12H15N5O2S/c13-9-2-1-4-14-10(9)8-20-7-6-16-12-11(17(18)19)3-5-15-12/h1-5,15-16H,6-8,13H2. The molecule has 20 heavy (non-hydrogen) atoms. The van der Waals surface area contributed by atoms with Gasteiger partial charge >= 0.3 is 5.69 Å². The van der Waals surface area contributed by atoms with Gasteiger partial charge in [0.2, 0.25) is 0 Å². The van der Waals surface area contributed by atoms with Gasteiger partial charge in [0, 0.05) is 36.5 Å². The fourth-order valence-electron chi connectivity index (χ4n) is 1.64. The van der Waals surface area contributed by atoms with Crippen LogP contribution in [0.15, 0.2) is 30.6 Å². The Hall–Kier alpha value is -2.22. The normalized spacial score (nSPS) is 10.4. The van der Waals surface area contributed by atoms with E-state index in [9.17, 15) is 10.1 Å². The SMILES string of the molecule is Nc1cccnc1CSCCNc1[nH]ccc1[N+](=O)[O-]. The van der Waals surface area contributed by atoms with Crippen molar-refractivity contribution in [3.8, 4) is 0 Å². The Morgan fingerprint density at radius 3 is 3.10 bits per heavy atom. The average Bonchev–Trinajstić information content (AvgIpc) is 2.89. The Bertz CT molecular complexity index is 587. The molecule has 4 N–H and O–H groups in total. The number of nitrogens with zero attached hydrogens (tertiary/aromatic N) is 2. The highest BCUT2D eigenvalue weighted by Crippen LogP contribution is 2.22. The van der Waals surface area contributed by atoms with E-state index in [4.69, 9.17) is 5.73 Å². The molecule has 8 heteroatoms. The summed E-state index contributed by atoms with van der Waals surface area (Å²) < 4.78 is 0. The molecule has 0 aromatic carbocycles. The number of rotatable bonds is 7. The Balaban J connectivity index is 1.73. The van der Waals surface area contributed by atoms with E-state index in [0.29, 0.717) is 18.1 Å². The zero-order valence-corrected chi connectivity index (χ0v) is 11.5. The molecule has 2 heterocycles. The fourth-order valence-corrected chi connectivity index (χ4v) is 2.47. The Morgan fingerprint density at radius 2 is 2.35 bits per heavy atom. The molecule has 0 atom stereocenters. The number of thioether (sulfide) groups is 1. The molecule has 7 nitrogen and oxygen atoms in total. The molecule has 106 valence electrons. The minimum Gasteiger partial charge on any atom is -0.397 e. The highest BCUT2D eigenvalue weighted by atomic mass is 32.2. The number of nitro groups is 1. The minimum atomic E-state index is -0.416. The van der Waals surface area contributed by atoms with Crippen molar-refractivity contribution in [1.82, 2.24) is 9.97 Å². The van der Waals surface area contributed by atoms with Gasteiger partial charge in [-0.3, -0.25) is 15.1 Å². The van der Waals surface area contributed by atoms with Gasteiger partial charge in [-0.2, -0.15) is 11.8 Å². The Morgan fingerprint density at radius 1 is 1.50 bits per heavy atom. The van der Waals surface area contributed by atoms with Crippen molar-refractivity contribution >= 4 is 29.0 Å². The molecule has 0 fully saturated rings. The van der Waals surface area contributed by atoms with Gasteiger partial charge in [0.15, 0.2) is 5.82 Å². The lowest BCUT2D eigenvalue weighted by molar-refractivity contribution is -0.383. The maximum atomic E-state index is 10.7. The molecule has 0 bridgehead atoms. The summed E-state index contributed by atoms with van der Waals surface area (Å²) in [5, 5.41) is 13.7. The molecule has 0 aliphatic heterocycles. The first-order valence-corrected chi connectivity index (χ1v) is 7.16. The third-order valence-corrected chi connectivity index (χ3v) is 3.60. The molecule has 0 saturated heterocycles. The summed E-state index contributed by atoms with van der Waals surface area (Å²) in [7, 11) is 0. The predicted molar refractivity (Wildman–Crippen MR) is 80.7 cm³/mol. The van der Waals surface area contributed by atoms with Crippen LogP contribution in [0.3, 0.4) is 0 Å². The topological polar surface area (TPSA) is 110 Å². The molecule has 0 spiro atoms. The van der Waals surface area contributed by atoms with Crippen LogP contribution in [-0.4, -0.2) is 27.2 Å². The summed E-state index contributed by atoms with van der Waals surface area (Å²) in [5.41, 5.74) is 7.41. The fraction of sp³-hybridized carbons (Fsp3) is 0.250. The van der Waals surface area contributed by atoms with Gasteiger partial charge in [-0.15, -0.1) is 0 Å². The highest BCUT2D eigenvalue weighted by Gasteiger charge is 2.13.